The van der Waals surface area contributed by atoms with Gasteiger partial charge in [0.25, 0.3) is 0 Å². The Morgan fingerprint density at radius 1 is 1.50 bits per heavy atom. The van der Waals surface area contributed by atoms with E-state index in [2.05, 4.69) is 18.7 Å². The molecule has 2 N–H and O–H groups in total. The van der Waals surface area contributed by atoms with Crippen LogP contribution >= 0.6 is 23.8 Å². The first-order valence-corrected chi connectivity index (χ1v) is 7.13. The molecule has 0 amide bonds. The summed E-state index contributed by atoms with van der Waals surface area (Å²) in [4.78, 5) is 2.85. The number of hydrogen-bond donors (Lipinski definition) is 1. The van der Waals surface area contributed by atoms with Gasteiger partial charge in [0, 0.05) is 28.9 Å². The predicted octanol–water partition coefficient (Wildman–Crippen LogP) is 3.60. The lowest BCUT2D eigenvalue weighted by Crippen LogP contribution is -2.31. The second kappa shape index (κ2) is 5.45. The lowest BCUT2D eigenvalue weighted by Gasteiger charge is -2.28. The van der Waals surface area contributed by atoms with Gasteiger partial charge in [-0.05, 0) is 37.0 Å². The van der Waals surface area contributed by atoms with E-state index in [0.717, 1.165) is 22.8 Å². The van der Waals surface area contributed by atoms with E-state index in [-0.39, 0.29) is 0 Å². The Hall–Kier alpha value is -0.800. The second-order valence-electron chi connectivity index (χ2n) is 5.30. The molecule has 0 radical (unpaired) electrons. The zero-order valence-electron chi connectivity index (χ0n) is 10.8. The van der Waals surface area contributed by atoms with Crippen LogP contribution in [-0.4, -0.2) is 17.6 Å². The van der Waals surface area contributed by atoms with Crippen LogP contribution in [0.3, 0.4) is 0 Å². The Kier molecular flexibility index (Phi) is 4.13. The summed E-state index contributed by atoms with van der Waals surface area (Å²) < 4.78 is 0. The third-order valence-electron chi connectivity index (χ3n) is 3.08. The molecule has 1 aliphatic carbocycles. The molecule has 18 heavy (non-hydrogen) atoms. The van der Waals surface area contributed by atoms with Crippen LogP contribution in [0.2, 0.25) is 5.02 Å². The zero-order valence-corrected chi connectivity index (χ0v) is 12.4. The van der Waals surface area contributed by atoms with Gasteiger partial charge in [-0.1, -0.05) is 37.7 Å². The highest BCUT2D eigenvalue weighted by Gasteiger charge is 2.31. The van der Waals surface area contributed by atoms with E-state index in [1.807, 2.05) is 18.2 Å². The molecule has 0 unspecified atom stereocenters. The number of rotatable bonds is 5. The summed E-state index contributed by atoms with van der Waals surface area (Å²) >= 11 is 11.3. The molecular formula is C14H19ClN2S. The van der Waals surface area contributed by atoms with Crippen molar-refractivity contribution in [3.63, 3.8) is 0 Å². The molecular weight excluding hydrogens is 264 g/mol. The molecule has 0 atom stereocenters. The molecule has 0 spiro atoms. The summed E-state index contributed by atoms with van der Waals surface area (Å²) in [5.74, 6) is 0.601. The number of benzene rings is 1. The normalized spacial score (nSPS) is 14.9. The summed E-state index contributed by atoms with van der Waals surface area (Å²) in [6.45, 7) is 5.46. The Bertz CT molecular complexity index is 455. The van der Waals surface area contributed by atoms with Crippen LogP contribution in [0.1, 0.15) is 32.3 Å². The molecule has 98 valence electrons. The fraction of sp³-hybridized carbons (Fsp3) is 0.500. The monoisotopic (exact) mass is 282 g/mol. The van der Waals surface area contributed by atoms with Crippen LogP contribution in [-0.2, 0) is 0 Å². The van der Waals surface area contributed by atoms with Crippen molar-refractivity contribution in [2.75, 3.05) is 11.4 Å². The molecule has 0 aliphatic heterocycles. The average molecular weight is 283 g/mol. The zero-order chi connectivity index (χ0) is 13.3. The van der Waals surface area contributed by atoms with Gasteiger partial charge >= 0.3 is 0 Å². The van der Waals surface area contributed by atoms with Crippen molar-refractivity contribution in [3.05, 3.63) is 28.8 Å². The topological polar surface area (TPSA) is 29.3 Å². The van der Waals surface area contributed by atoms with Crippen molar-refractivity contribution in [2.45, 2.75) is 32.7 Å². The van der Waals surface area contributed by atoms with Crippen LogP contribution in [0.15, 0.2) is 18.2 Å². The number of thiocarbonyl (C=S) groups is 1. The lowest BCUT2D eigenvalue weighted by molar-refractivity contribution is 0.607. The summed E-state index contributed by atoms with van der Waals surface area (Å²) in [5, 5.41) is 0.736. The molecule has 0 bridgehead atoms. The maximum atomic E-state index is 6.12. The molecule has 1 aromatic carbocycles. The first kappa shape index (κ1) is 13.6. The van der Waals surface area contributed by atoms with Crippen LogP contribution in [0, 0.1) is 5.92 Å². The molecule has 1 aliphatic rings. The molecule has 1 fully saturated rings. The smallest absolute Gasteiger partial charge is 0.106 e. The number of anilines is 1. The SMILES string of the molecule is CC(C)CN(c1cc(Cl)ccc1C(N)=S)C1CC1. The van der Waals surface area contributed by atoms with E-state index >= 15 is 0 Å². The average Bonchev–Trinajstić information content (AvgIpc) is 3.08. The highest BCUT2D eigenvalue weighted by molar-refractivity contribution is 7.80. The summed E-state index contributed by atoms with van der Waals surface area (Å²) in [6.07, 6.45) is 2.49. The standard InChI is InChI=1S/C14H19ClN2S/c1-9(2)8-17(11-4-5-11)13-7-10(15)3-6-12(13)14(16)18/h3,6-7,9,11H,4-5,8H2,1-2H3,(H2,16,18). The molecule has 1 saturated carbocycles. The van der Waals surface area contributed by atoms with E-state index in [1.54, 1.807) is 0 Å². The molecule has 2 nitrogen and oxygen atoms in total. The van der Waals surface area contributed by atoms with Gasteiger partial charge in [-0.15, -0.1) is 0 Å². The largest absolute Gasteiger partial charge is 0.389 e. The maximum absolute atomic E-state index is 6.12. The molecule has 0 aromatic heterocycles. The van der Waals surface area contributed by atoms with E-state index < -0.39 is 0 Å². The third-order valence-corrected chi connectivity index (χ3v) is 3.54. The molecule has 1 aromatic rings. The third kappa shape index (κ3) is 3.15. The quantitative estimate of drug-likeness (QED) is 0.837. The number of nitrogens with two attached hydrogens (primary N) is 1. The number of halogens is 1. The van der Waals surface area contributed by atoms with E-state index in [0.29, 0.717) is 16.9 Å². The fourth-order valence-electron chi connectivity index (χ4n) is 2.17. The van der Waals surface area contributed by atoms with E-state index in [1.165, 1.54) is 12.8 Å². The maximum Gasteiger partial charge on any atom is 0.106 e. The van der Waals surface area contributed by atoms with E-state index in [9.17, 15) is 0 Å². The highest BCUT2D eigenvalue weighted by Crippen LogP contribution is 2.35. The van der Waals surface area contributed by atoms with Crippen molar-refractivity contribution < 1.29 is 0 Å². The van der Waals surface area contributed by atoms with Crippen LogP contribution in [0.25, 0.3) is 0 Å². The summed E-state index contributed by atoms with van der Waals surface area (Å²) in [7, 11) is 0. The van der Waals surface area contributed by atoms with Gasteiger partial charge in [0.15, 0.2) is 0 Å². The minimum absolute atomic E-state index is 0.441. The van der Waals surface area contributed by atoms with Gasteiger partial charge in [-0.25, -0.2) is 0 Å². The Morgan fingerprint density at radius 3 is 2.67 bits per heavy atom. The molecule has 4 heteroatoms. The van der Waals surface area contributed by atoms with Crippen molar-refractivity contribution in [2.24, 2.45) is 11.7 Å². The summed E-state index contributed by atoms with van der Waals surface area (Å²) in [5.41, 5.74) is 7.84. The van der Waals surface area contributed by atoms with Gasteiger partial charge in [-0.3, -0.25) is 0 Å². The van der Waals surface area contributed by atoms with Crippen molar-refractivity contribution in [1.29, 1.82) is 0 Å². The molecule has 0 heterocycles. The number of nitrogens with zero attached hydrogens (tertiary/aromatic N) is 1. The molecule has 2 rings (SSSR count). The van der Waals surface area contributed by atoms with Crippen molar-refractivity contribution >= 4 is 34.5 Å². The van der Waals surface area contributed by atoms with Crippen LogP contribution < -0.4 is 10.6 Å². The minimum atomic E-state index is 0.441. The first-order valence-electron chi connectivity index (χ1n) is 6.35. The second-order valence-corrected chi connectivity index (χ2v) is 6.18. The van der Waals surface area contributed by atoms with E-state index in [4.69, 9.17) is 29.6 Å². The van der Waals surface area contributed by atoms with Gasteiger partial charge in [0.05, 0.1) is 0 Å². The Balaban J connectivity index is 2.38. The lowest BCUT2D eigenvalue weighted by atomic mass is 10.1. The van der Waals surface area contributed by atoms with Crippen LogP contribution in [0.4, 0.5) is 5.69 Å². The van der Waals surface area contributed by atoms with Gasteiger partial charge in [-0.2, -0.15) is 0 Å². The predicted molar refractivity (Wildman–Crippen MR) is 82.5 cm³/mol. The summed E-state index contributed by atoms with van der Waals surface area (Å²) in [6, 6.07) is 6.38. The van der Waals surface area contributed by atoms with Crippen molar-refractivity contribution in [3.8, 4) is 0 Å². The van der Waals surface area contributed by atoms with Crippen molar-refractivity contribution in [1.82, 2.24) is 0 Å². The Morgan fingerprint density at radius 2 is 2.17 bits per heavy atom. The minimum Gasteiger partial charge on any atom is -0.389 e. The number of hydrogen-bond acceptors (Lipinski definition) is 2. The van der Waals surface area contributed by atoms with Gasteiger partial charge < -0.3 is 10.6 Å². The first-order chi connectivity index (χ1) is 8.49. The Labute approximate surface area is 119 Å². The van der Waals surface area contributed by atoms with Gasteiger partial charge in [0.2, 0.25) is 0 Å². The molecule has 0 saturated heterocycles. The van der Waals surface area contributed by atoms with Gasteiger partial charge in [0.1, 0.15) is 4.99 Å². The fourth-order valence-corrected chi connectivity index (χ4v) is 2.51. The van der Waals surface area contributed by atoms with Crippen LogP contribution in [0.5, 0.6) is 0 Å². The highest BCUT2D eigenvalue weighted by atomic mass is 35.5.